The van der Waals surface area contributed by atoms with Gasteiger partial charge in [-0.3, -0.25) is 19.2 Å². The van der Waals surface area contributed by atoms with E-state index < -0.39 is 29.8 Å². The van der Waals surface area contributed by atoms with Crippen LogP contribution in [0.1, 0.15) is 65.7 Å². The summed E-state index contributed by atoms with van der Waals surface area (Å²) in [6, 6.07) is 1.84. The number of nitrogens with zero attached hydrogens (tertiary/aromatic N) is 2. The van der Waals surface area contributed by atoms with Crippen LogP contribution in [0.5, 0.6) is 0 Å². The lowest BCUT2D eigenvalue weighted by molar-refractivity contribution is -0.181. The average Bonchev–Trinajstić information content (AvgIpc) is 3.52. The van der Waals surface area contributed by atoms with Crippen LogP contribution >= 0.6 is 0 Å². The Hall–Kier alpha value is -3.02. The van der Waals surface area contributed by atoms with E-state index >= 15 is 0 Å². The molecule has 4 amide bonds. The smallest absolute Gasteiger partial charge is 0.374 e. The van der Waals surface area contributed by atoms with Gasteiger partial charge in [0, 0.05) is 37.4 Å². The number of carbonyl (C=O) groups excluding carboxylic acids is 4. The number of nitrogens with one attached hydrogen (secondary N) is 1. The number of ether oxygens (including phenoxy) is 1. The van der Waals surface area contributed by atoms with Crippen molar-refractivity contribution in [1.82, 2.24) is 10.2 Å². The number of rotatable bonds is 7. The number of nitriles is 1. The number of hydrogen-bond donors (Lipinski definition) is 3. The van der Waals surface area contributed by atoms with E-state index in [4.69, 9.17) is 20.5 Å². The fourth-order valence-electron chi connectivity index (χ4n) is 5.96. The third-order valence-electron chi connectivity index (χ3n) is 8.96. The van der Waals surface area contributed by atoms with Gasteiger partial charge in [-0.2, -0.15) is 18.4 Å². The van der Waals surface area contributed by atoms with E-state index in [1.165, 1.54) is 0 Å². The number of likely N-dealkylation sites (tertiary alicyclic amines) is 1. The molecule has 2 saturated heterocycles. The van der Waals surface area contributed by atoms with Crippen LogP contribution < -0.4 is 16.8 Å². The Labute approximate surface area is 240 Å². The number of primary amides is 2. The van der Waals surface area contributed by atoms with E-state index in [2.05, 4.69) is 24.9 Å². The molecule has 3 aliphatic carbocycles. The first-order valence-electron chi connectivity index (χ1n) is 13.9. The maximum absolute atomic E-state index is 12.7. The number of nitrogens with two attached hydrogens (primary N) is 2. The quantitative estimate of drug-likeness (QED) is 0.376. The molecule has 4 unspecified atom stereocenters. The van der Waals surface area contributed by atoms with Gasteiger partial charge in [0.25, 0.3) is 5.92 Å². The van der Waals surface area contributed by atoms with Gasteiger partial charge in [-0.25, -0.2) is 8.78 Å². The van der Waals surface area contributed by atoms with Crippen LogP contribution in [0.3, 0.4) is 0 Å². The van der Waals surface area contributed by atoms with Gasteiger partial charge in [0.2, 0.25) is 17.7 Å². The van der Waals surface area contributed by atoms with Crippen molar-refractivity contribution in [2.75, 3.05) is 13.1 Å². The third-order valence-corrected chi connectivity index (χ3v) is 8.96. The Bertz CT molecular complexity index is 1100. The van der Waals surface area contributed by atoms with Crippen LogP contribution in [0.4, 0.5) is 22.0 Å². The van der Waals surface area contributed by atoms with Crippen molar-refractivity contribution in [2.45, 2.75) is 95.6 Å². The summed E-state index contributed by atoms with van der Waals surface area (Å²) in [7, 11) is 0. The van der Waals surface area contributed by atoms with E-state index in [0.717, 1.165) is 32.4 Å². The summed E-state index contributed by atoms with van der Waals surface area (Å²) >= 11 is 0. The normalized spacial score (nSPS) is 28.8. The molecule has 3 saturated carbocycles. The molecule has 2 heterocycles. The Morgan fingerprint density at radius 1 is 1.12 bits per heavy atom. The molecule has 42 heavy (non-hydrogen) atoms. The standard InChI is InChI=1S/C15H23F2NO2.C10H13N3O2.C2H2F3NO/c1-9(20-10-5-15(16,17)6-10)4-13(19)18-7-11-12(8-18)14(11,2)3;11-5-7(8(12)14)3-6-4-10(1-2-10)13-9(6)15;3-2(4,5)1(6)7/h9-12H,4-8H2,1-3H3;6-7H,1-4H2,(H2,12,14)(H,13,15);(H2,6,7)/t9-,11?,12?;;/m1../s1. The zero-order valence-corrected chi connectivity index (χ0v) is 23.8. The second-order valence-corrected chi connectivity index (χ2v) is 12.7. The highest BCUT2D eigenvalue weighted by Gasteiger charge is 2.62. The maximum Gasteiger partial charge on any atom is 0.470 e. The highest BCUT2D eigenvalue weighted by Crippen LogP contribution is 2.62. The molecule has 15 heteroatoms. The molecule has 0 radical (unpaired) electrons. The van der Waals surface area contributed by atoms with Crippen LogP contribution in [-0.4, -0.2) is 71.5 Å². The number of alkyl halides is 5. The molecule has 236 valence electrons. The number of fused-ring (bicyclic) bond motifs is 1. The van der Waals surface area contributed by atoms with Gasteiger partial charge >= 0.3 is 12.1 Å². The van der Waals surface area contributed by atoms with Gasteiger partial charge in [-0.05, 0) is 49.9 Å². The summed E-state index contributed by atoms with van der Waals surface area (Å²) in [6.45, 7) is 8.02. The maximum atomic E-state index is 12.7. The van der Waals surface area contributed by atoms with Crippen LogP contribution in [-0.2, 0) is 23.9 Å². The number of carbonyl (C=O) groups is 4. The van der Waals surface area contributed by atoms with Crippen molar-refractivity contribution in [2.24, 2.45) is 40.6 Å². The van der Waals surface area contributed by atoms with E-state index in [9.17, 15) is 36.3 Å². The second kappa shape index (κ2) is 11.9. The van der Waals surface area contributed by atoms with Gasteiger partial charge in [-0.1, -0.05) is 13.8 Å². The summed E-state index contributed by atoms with van der Waals surface area (Å²) in [5.41, 5.74) is 9.27. The van der Waals surface area contributed by atoms with E-state index in [-0.39, 0.29) is 54.7 Å². The summed E-state index contributed by atoms with van der Waals surface area (Å²) in [6.07, 6.45) is -2.56. The molecule has 0 aromatic carbocycles. The summed E-state index contributed by atoms with van der Waals surface area (Å²) in [5.74, 6) is -5.15. The molecule has 1 spiro atoms. The van der Waals surface area contributed by atoms with E-state index in [0.29, 0.717) is 23.7 Å². The van der Waals surface area contributed by atoms with Crippen LogP contribution in [0.15, 0.2) is 0 Å². The molecule has 5 rings (SSSR count). The van der Waals surface area contributed by atoms with E-state index in [1.54, 1.807) is 6.92 Å². The monoisotopic (exact) mass is 607 g/mol. The molecule has 10 nitrogen and oxygen atoms in total. The number of piperidine rings is 1. The highest BCUT2D eigenvalue weighted by atomic mass is 19.4. The first-order chi connectivity index (χ1) is 19.2. The zero-order chi connectivity index (χ0) is 31.8. The molecular weight excluding hydrogens is 569 g/mol. The van der Waals surface area contributed by atoms with Crippen molar-refractivity contribution in [3.05, 3.63) is 0 Å². The third kappa shape index (κ3) is 8.29. The second-order valence-electron chi connectivity index (χ2n) is 12.7. The van der Waals surface area contributed by atoms with E-state index in [1.807, 2.05) is 11.0 Å². The molecule has 5 aliphatic rings. The first kappa shape index (κ1) is 33.5. The minimum Gasteiger partial charge on any atom is -0.374 e. The Morgan fingerprint density at radius 2 is 1.64 bits per heavy atom. The molecular formula is C27H38F5N5O5. The Morgan fingerprint density at radius 3 is 2.02 bits per heavy atom. The summed E-state index contributed by atoms with van der Waals surface area (Å²) < 4.78 is 63.0. The molecule has 0 aromatic heterocycles. The van der Waals surface area contributed by atoms with Crippen molar-refractivity contribution in [3.8, 4) is 6.07 Å². The van der Waals surface area contributed by atoms with Crippen molar-refractivity contribution < 1.29 is 45.9 Å². The van der Waals surface area contributed by atoms with Crippen molar-refractivity contribution in [3.63, 3.8) is 0 Å². The van der Waals surface area contributed by atoms with Crippen molar-refractivity contribution in [1.29, 1.82) is 5.26 Å². The molecule has 5 atom stereocenters. The zero-order valence-electron chi connectivity index (χ0n) is 23.8. The first-order valence-corrected chi connectivity index (χ1v) is 13.9. The highest BCUT2D eigenvalue weighted by molar-refractivity contribution is 5.85. The summed E-state index contributed by atoms with van der Waals surface area (Å²) in [5, 5.41) is 11.6. The van der Waals surface area contributed by atoms with Crippen molar-refractivity contribution >= 4 is 23.6 Å². The fourth-order valence-corrected chi connectivity index (χ4v) is 5.96. The van der Waals surface area contributed by atoms with Crippen LogP contribution in [0.2, 0.25) is 0 Å². The molecule has 0 bridgehead atoms. The average molecular weight is 608 g/mol. The number of halogens is 5. The predicted octanol–water partition coefficient (Wildman–Crippen LogP) is 2.40. The summed E-state index contributed by atoms with van der Waals surface area (Å²) in [4.78, 5) is 45.6. The number of amides is 4. The van der Waals surface area contributed by atoms with Gasteiger partial charge in [0.1, 0.15) is 5.92 Å². The Kier molecular flexibility index (Phi) is 9.51. The Balaban J connectivity index is 0.000000194. The lowest BCUT2D eigenvalue weighted by Gasteiger charge is -2.36. The SMILES string of the molecule is C[C@H](CC(=O)N1CC2C(C1)C2(C)C)OC1CC(F)(F)C1.N#CC(CC1CC2(CC2)NC1=O)C(N)=O.NC(=O)C(F)(F)F. The molecule has 5 N–H and O–H groups in total. The van der Waals surface area contributed by atoms with Gasteiger partial charge in [0.05, 0.1) is 24.7 Å². The van der Waals surface area contributed by atoms with Gasteiger partial charge < -0.3 is 26.4 Å². The predicted molar refractivity (Wildman–Crippen MR) is 137 cm³/mol. The largest absolute Gasteiger partial charge is 0.470 e. The minimum absolute atomic E-state index is 0.000593. The van der Waals surface area contributed by atoms with Gasteiger partial charge in [-0.15, -0.1) is 0 Å². The fraction of sp³-hybridized carbons (Fsp3) is 0.815. The molecule has 2 aliphatic heterocycles. The lowest BCUT2D eigenvalue weighted by Crippen LogP contribution is -2.43. The molecule has 5 fully saturated rings. The van der Waals surface area contributed by atoms with Crippen LogP contribution in [0.25, 0.3) is 0 Å². The number of hydrogen-bond acceptors (Lipinski definition) is 6. The topological polar surface area (TPSA) is 169 Å². The van der Waals surface area contributed by atoms with Crippen LogP contribution in [0, 0.1) is 40.4 Å². The minimum atomic E-state index is -4.86. The molecule has 0 aromatic rings. The lowest BCUT2D eigenvalue weighted by atomic mass is 9.91. The van der Waals surface area contributed by atoms with Gasteiger partial charge in [0.15, 0.2) is 0 Å².